The van der Waals surface area contributed by atoms with Crippen LogP contribution < -0.4 is 9.62 Å². The highest BCUT2D eigenvalue weighted by molar-refractivity contribution is 7.90. The lowest BCUT2D eigenvalue weighted by molar-refractivity contribution is 0.459. The molecular formula is C29H31N7O4S2. The van der Waals surface area contributed by atoms with Gasteiger partial charge in [0.05, 0.1) is 27.1 Å². The summed E-state index contributed by atoms with van der Waals surface area (Å²) in [6, 6.07) is 16.7. The van der Waals surface area contributed by atoms with Crippen molar-refractivity contribution >= 4 is 36.9 Å². The van der Waals surface area contributed by atoms with Crippen molar-refractivity contribution in [1.82, 2.24) is 28.4 Å². The Balaban J connectivity index is 1.31. The van der Waals surface area contributed by atoms with Crippen LogP contribution in [0.1, 0.15) is 25.3 Å². The number of benzene rings is 2. The molecule has 0 amide bonds. The standard InChI is InChI=1S/C29H31N7O4S2/c1-3-21-9-11-24(12-10-21)41(37,38)33-23-13-15-35(16-14-23)28-26-17-27(22-18-32-34(2)19-22)36(29(26)31-20-30-28)42(39,40)25-7-5-4-6-8-25/h4-12,17-20,23,33H,3,13-16H2,1-2H3. The smallest absolute Gasteiger partial charge is 0.269 e. The number of nitrogens with one attached hydrogen (secondary N) is 1. The van der Waals surface area contributed by atoms with Crippen LogP contribution in [0.15, 0.2) is 89.2 Å². The molecule has 0 radical (unpaired) electrons. The molecule has 0 unspecified atom stereocenters. The summed E-state index contributed by atoms with van der Waals surface area (Å²) in [7, 11) is -5.88. The molecule has 1 saturated heterocycles. The summed E-state index contributed by atoms with van der Waals surface area (Å²) in [6.45, 7) is 3.09. The van der Waals surface area contributed by atoms with E-state index in [1.807, 2.05) is 19.1 Å². The second-order valence-electron chi connectivity index (χ2n) is 10.3. The Morgan fingerprint density at radius 3 is 2.29 bits per heavy atom. The van der Waals surface area contributed by atoms with Crippen LogP contribution in [0, 0.1) is 0 Å². The molecule has 218 valence electrons. The molecule has 6 rings (SSSR count). The summed E-state index contributed by atoms with van der Waals surface area (Å²) < 4.78 is 59.6. The van der Waals surface area contributed by atoms with Crippen molar-refractivity contribution in [2.45, 2.75) is 42.0 Å². The molecule has 0 bridgehead atoms. The number of hydrogen-bond acceptors (Lipinski definition) is 8. The second kappa shape index (κ2) is 11.0. The van der Waals surface area contributed by atoms with Gasteiger partial charge in [-0.05, 0) is 55.2 Å². The Kier molecular flexibility index (Phi) is 7.33. The van der Waals surface area contributed by atoms with Crippen LogP contribution in [0.2, 0.25) is 0 Å². The molecule has 1 aliphatic heterocycles. The van der Waals surface area contributed by atoms with Gasteiger partial charge in [-0.3, -0.25) is 4.68 Å². The zero-order valence-corrected chi connectivity index (χ0v) is 24.9. The number of sulfonamides is 1. The van der Waals surface area contributed by atoms with Crippen LogP contribution in [0.5, 0.6) is 0 Å². The van der Waals surface area contributed by atoms with Crippen molar-refractivity contribution in [2.24, 2.45) is 7.05 Å². The van der Waals surface area contributed by atoms with Crippen molar-refractivity contribution in [2.75, 3.05) is 18.0 Å². The predicted molar refractivity (Wildman–Crippen MR) is 160 cm³/mol. The Morgan fingerprint density at radius 1 is 0.929 bits per heavy atom. The lowest BCUT2D eigenvalue weighted by atomic mass is 10.1. The molecule has 1 aliphatic rings. The zero-order chi connectivity index (χ0) is 29.5. The highest BCUT2D eigenvalue weighted by atomic mass is 32.2. The van der Waals surface area contributed by atoms with Gasteiger partial charge in [0.25, 0.3) is 10.0 Å². The molecule has 3 aromatic heterocycles. The molecule has 42 heavy (non-hydrogen) atoms. The number of aromatic nitrogens is 5. The van der Waals surface area contributed by atoms with E-state index >= 15 is 0 Å². The van der Waals surface area contributed by atoms with E-state index in [-0.39, 0.29) is 21.5 Å². The minimum Gasteiger partial charge on any atom is -0.356 e. The largest absolute Gasteiger partial charge is 0.356 e. The van der Waals surface area contributed by atoms with Crippen molar-refractivity contribution in [3.63, 3.8) is 0 Å². The van der Waals surface area contributed by atoms with Crippen molar-refractivity contribution in [1.29, 1.82) is 0 Å². The average Bonchev–Trinajstić information content (AvgIpc) is 3.62. The first-order valence-electron chi connectivity index (χ1n) is 13.7. The fourth-order valence-corrected chi connectivity index (χ4v) is 8.13. The van der Waals surface area contributed by atoms with Crippen molar-refractivity contribution in [3.8, 4) is 11.3 Å². The number of piperidine rings is 1. The lowest BCUT2D eigenvalue weighted by Crippen LogP contribution is -2.44. The summed E-state index contributed by atoms with van der Waals surface area (Å²) in [5.74, 6) is 0.601. The highest BCUT2D eigenvalue weighted by Gasteiger charge is 2.30. The maximum Gasteiger partial charge on any atom is 0.269 e. The lowest BCUT2D eigenvalue weighted by Gasteiger charge is -2.33. The Labute approximate surface area is 244 Å². The SMILES string of the molecule is CCc1ccc(S(=O)(=O)NC2CCN(c3ncnc4c3cc(-c3cnn(C)c3)n4S(=O)(=O)c3ccccc3)CC2)cc1. The molecule has 5 aromatic rings. The molecule has 0 aliphatic carbocycles. The molecular weight excluding hydrogens is 574 g/mol. The van der Waals surface area contributed by atoms with Crippen LogP contribution in [-0.4, -0.2) is 59.7 Å². The van der Waals surface area contributed by atoms with Gasteiger partial charge in [0.1, 0.15) is 12.1 Å². The monoisotopic (exact) mass is 605 g/mol. The summed E-state index contributed by atoms with van der Waals surface area (Å²) in [5.41, 5.74) is 2.40. The van der Waals surface area contributed by atoms with E-state index in [4.69, 9.17) is 0 Å². The van der Waals surface area contributed by atoms with Crippen LogP contribution in [0.25, 0.3) is 22.3 Å². The Bertz CT molecular complexity index is 1940. The molecule has 1 N–H and O–H groups in total. The number of anilines is 1. The Morgan fingerprint density at radius 2 is 1.64 bits per heavy atom. The fourth-order valence-electron chi connectivity index (χ4n) is 5.33. The van der Waals surface area contributed by atoms with E-state index in [2.05, 4.69) is 24.7 Å². The van der Waals surface area contributed by atoms with E-state index < -0.39 is 20.0 Å². The fraction of sp³-hybridized carbons (Fsp3) is 0.276. The molecule has 1 fully saturated rings. The van der Waals surface area contributed by atoms with E-state index in [1.54, 1.807) is 72.7 Å². The van der Waals surface area contributed by atoms with Crippen LogP contribution in [0.3, 0.4) is 0 Å². The summed E-state index contributed by atoms with van der Waals surface area (Å²) in [5, 5.41) is 4.83. The molecule has 0 spiro atoms. The van der Waals surface area contributed by atoms with Gasteiger partial charge in [-0.2, -0.15) is 5.10 Å². The van der Waals surface area contributed by atoms with Crippen molar-refractivity contribution in [3.05, 3.63) is 84.9 Å². The van der Waals surface area contributed by atoms with Gasteiger partial charge < -0.3 is 4.90 Å². The van der Waals surface area contributed by atoms with Crippen LogP contribution in [0.4, 0.5) is 5.82 Å². The first-order valence-corrected chi connectivity index (χ1v) is 16.6. The van der Waals surface area contributed by atoms with Gasteiger partial charge in [-0.25, -0.2) is 35.5 Å². The molecule has 11 nitrogen and oxygen atoms in total. The van der Waals surface area contributed by atoms with Gasteiger partial charge in [-0.15, -0.1) is 0 Å². The van der Waals surface area contributed by atoms with Gasteiger partial charge in [-0.1, -0.05) is 37.3 Å². The summed E-state index contributed by atoms with van der Waals surface area (Å²) in [6.07, 6.45) is 6.72. The topological polar surface area (TPSA) is 132 Å². The minimum atomic E-state index is -4.01. The molecule has 0 saturated carbocycles. The number of aryl methyl sites for hydroxylation is 2. The highest BCUT2D eigenvalue weighted by Crippen LogP contribution is 2.35. The average molecular weight is 606 g/mol. The quantitative estimate of drug-likeness (QED) is 0.284. The van der Waals surface area contributed by atoms with E-state index in [1.165, 1.54) is 10.3 Å². The number of nitrogens with zero attached hydrogens (tertiary/aromatic N) is 6. The Hall–Kier alpha value is -4.07. The number of hydrogen-bond donors (Lipinski definition) is 1. The van der Waals surface area contributed by atoms with Gasteiger partial charge in [0.2, 0.25) is 10.0 Å². The first-order chi connectivity index (χ1) is 20.2. The maximum atomic E-state index is 13.9. The second-order valence-corrected chi connectivity index (χ2v) is 13.8. The normalized spacial score (nSPS) is 15.0. The van der Waals surface area contributed by atoms with Crippen LogP contribution in [-0.2, 0) is 33.5 Å². The van der Waals surface area contributed by atoms with E-state index in [9.17, 15) is 16.8 Å². The third-order valence-electron chi connectivity index (χ3n) is 7.57. The van der Waals surface area contributed by atoms with Crippen LogP contribution >= 0.6 is 0 Å². The van der Waals surface area contributed by atoms with Crippen molar-refractivity contribution < 1.29 is 16.8 Å². The first kappa shape index (κ1) is 28.1. The van der Waals surface area contributed by atoms with Gasteiger partial charge in [0, 0.05) is 37.9 Å². The third-order valence-corrected chi connectivity index (χ3v) is 10.8. The maximum absolute atomic E-state index is 13.9. The summed E-state index contributed by atoms with van der Waals surface area (Å²) >= 11 is 0. The minimum absolute atomic E-state index is 0.144. The molecule has 4 heterocycles. The zero-order valence-electron chi connectivity index (χ0n) is 23.3. The predicted octanol–water partition coefficient (Wildman–Crippen LogP) is 3.58. The molecule has 13 heteroatoms. The molecule has 0 atom stereocenters. The molecule has 2 aromatic carbocycles. The van der Waals surface area contributed by atoms with E-state index in [0.717, 1.165) is 12.0 Å². The third kappa shape index (κ3) is 5.19. The number of rotatable bonds is 8. The summed E-state index contributed by atoms with van der Waals surface area (Å²) in [4.78, 5) is 11.4. The number of fused-ring (bicyclic) bond motifs is 1. The van der Waals surface area contributed by atoms with Gasteiger partial charge >= 0.3 is 0 Å². The van der Waals surface area contributed by atoms with E-state index in [0.29, 0.717) is 48.4 Å². The van der Waals surface area contributed by atoms with Gasteiger partial charge in [0.15, 0.2) is 5.65 Å².